The van der Waals surface area contributed by atoms with Gasteiger partial charge >= 0.3 is 0 Å². The molecule has 2 nitrogen and oxygen atoms in total. The van der Waals surface area contributed by atoms with Gasteiger partial charge in [0.2, 0.25) is 0 Å². The molecule has 1 aliphatic rings. The maximum atomic E-state index is 3.55. The molecule has 1 aliphatic heterocycles. The van der Waals surface area contributed by atoms with Crippen LogP contribution < -0.4 is 5.32 Å². The van der Waals surface area contributed by atoms with Crippen molar-refractivity contribution in [3.8, 4) is 0 Å². The lowest BCUT2D eigenvalue weighted by molar-refractivity contribution is 0.413. The number of rotatable bonds is 6. The average Bonchev–Trinajstić information content (AvgIpc) is 2.47. The first kappa shape index (κ1) is 15.8. The highest BCUT2D eigenvalue weighted by Gasteiger charge is 2.20. The average molecular weight is 284 g/mol. The minimum atomic E-state index is 0.553. The van der Waals surface area contributed by atoms with Gasteiger partial charge in [0.1, 0.15) is 0 Å². The minimum Gasteiger partial charge on any atom is -0.354 e. The van der Waals surface area contributed by atoms with Crippen LogP contribution in [0.1, 0.15) is 50.7 Å². The Kier molecular flexibility index (Phi) is 6.06. The molecule has 0 aromatic heterocycles. The van der Waals surface area contributed by atoms with Crippen LogP contribution in [-0.4, -0.2) is 18.0 Å². The summed E-state index contributed by atoms with van der Waals surface area (Å²) in [6.07, 6.45) is 9.12. The smallest absolute Gasteiger partial charge is 0.0300 e. The first-order chi connectivity index (χ1) is 10.2. The highest BCUT2D eigenvalue weighted by molar-refractivity contribution is 5.33. The molecule has 0 saturated heterocycles. The summed E-state index contributed by atoms with van der Waals surface area (Å²) in [7, 11) is 0. The van der Waals surface area contributed by atoms with Crippen LogP contribution in [-0.2, 0) is 6.54 Å². The highest BCUT2D eigenvalue weighted by atomic mass is 15.1. The molecule has 1 unspecified atom stereocenters. The first-order valence-corrected chi connectivity index (χ1v) is 8.06. The van der Waals surface area contributed by atoms with Crippen LogP contribution >= 0.6 is 0 Å². The van der Waals surface area contributed by atoms with Crippen molar-refractivity contribution in [2.75, 3.05) is 13.1 Å². The van der Waals surface area contributed by atoms with Crippen LogP contribution in [0.3, 0.4) is 0 Å². The number of benzene rings is 1. The van der Waals surface area contributed by atoms with Crippen molar-refractivity contribution < 1.29 is 0 Å². The summed E-state index contributed by atoms with van der Waals surface area (Å²) in [4.78, 5) is 2.35. The molecule has 2 rings (SSSR count). The van der Waals surface area contributed by atoms with Crippen LogP contribution in [0.4, 0.5) is 0 Å². The van der Waals surface area contributed by atoms with Gasteiger partial charge in [-0.2, -0.15) is 0 Å². The molecule has 1 aromatic rings. The molecular formula is C19H28N2. The summed E-state index contributed by atoms with van der Waals surface area (Å²) in [6, 6.07) is 8.83. The van der Waals surface area contributed by atoms with E-state index in [9.17, 15) is 0 Å². The van der Waals surface area contributed by atoms with Gasteiger partial charge in [-0.3, -0.25) is 0 Å². The van der Waals surface area contributed by atoms with Gasteiger partial charge in [-0.05, 0) is 37.6 Å². The molecule has 1 N–H and O–H groups in total. The fourth-order valence-corrected chi connectivity index (χ4v) is 2.87. The minimum absolute atomic E-state index is 0.553. The van der Waals surface area contributed by atoms with E-state index >= 15 is 0 Å². The molecule has 0 saturated carbocycles. The third-order valence-corrected chi connectivity index (χ3v) is 3.81. The molecule has 0 fully saturated rings. The number of fused-ring (bicyclic) bond motifs is 1. The summed E-state index contributed by atoms with van der Waals surface area (Å²) < 4.78 is 0. The van der Waals surface area contributed by atoms with Gasteiger partial charge in [0.15, 0.2) is 0 Å². The van der Waals surface area contributed by atoms with E-state index in [1.165, 1.54) is 23.1 Å². The van der Waals surface area contributed by atoms with E-state index in [0.717, 1.165) is 26.1 Å². The van der Waals surface area contributed by atoms with E-state index in [2.05, 4.69) is 73.7 Å². The predicted molar refractivity (Wildman–Crippen MR) is 91.1 cm³/mol. The third-order valence-electron chi connectivity index (χ3n) is 3.81. The Hall–Kier alpha value is -1.54. The largest absolute Gasteiger partial charge is 0.354 e. The molecule has 114 valence electrons. The van der Waals surface area contributed by atoms with Crippen molar-refractivity contribution in [3.63, 3.8) is 0 Å². The zero-order valence-electron chi connectivity index (χ0n) is 13.6. The lowest BCUT2D eigenvalue weighted by atomic mass is 9.90. The van der Waals surface area contributed by atoms with Crippen molar-refractivity contribution in [3.05, 3.63) is 59.4 Å². The second-order valence-electron chi connectivity index (χ2n) is 6.10. The number of nitrogens with one attached hydrogen (secondary N) is 1. The Bertz CT molecular complexity index is 498. The van der Waals surface area contributed by atoms with Crippen LogP contribution in [0, 0.1) is 0 Å². The van der Waals surface area contributed by atoms with Crippen molar-refractivity contribution in [1.29, 1.82) is 0 Å². The fourth-order valence-electron chi connectivity index (χ4n) is 2.87. The van der Waals surface area contributed by atoms with Crippen LogP contribution in [0.15, 0.2) is 48.3 Å². The van der Waals surface area contributed by atoms with Crippen molar-refractivity contribution >= 4 is 0 Å². The summed E-state index contributed by atoms with van der Waals surface area (Å²) in [6.45, 7) is 9.64. The monoisotopic (exact) mass is 284 g/mol. The van der Waals surface area contributed by atoms with Gasteiger partial charge in [0, 0.05) is 31.8 Å². The Labute approximate surface area is 129 Å². The van der Waals surface area contributed by atoms with Crippen molar-refractivity contribution in [2.24, 2.45) is 0 Å². The van der Waals surface area contributed by atoms with Crippen LogP contribution in [0.2, 0.25) is 0 Å². The van der Waals surface area contributed by atoms with E-state index in [-0.39, 0.29) is 0 Å². The second-order valence-corrected chi connectivity index (χ2v) is 6.10. The molecule has 0 amide bonds. The molecule has 1 aromatic carbocycles. The Morgan fingerprint density at radius 3 is 2.90 bits per heavy atom. The van der Waals surface area contributed by atoms with Gasteiger partial charge < -0.3 is 10.2 Å². The summed E-state index contributed by atoms with van der Waals surface area (Å²) in [5.41, 5.74) is 4.30. The maximum Gasteiger partial charge on any atom is 0.0300 e. The van der Waals surface area contributed by atoms with E-state index in [1.807, 2.05) is 0 Å². The van der Waals surface area contributed by atoms with Gasteiger partial charge in [-0.1, -0.05) is 49.3 Å². The second kappa shape index (κ2) is 8.04. The van der Waals surface area contributed by atoms with Crippen molar-refractivity contribution in [1.82, 2.24) is 10.2 Å². The lowest BCUT2D eigenvalue weighted by Gasteiger charge is -2.30. The first-order valence-electron chi connectivity index (χ1n) is 8.06. The molecule has 0 spiro atoms. The Morgan fingerprint density at radius 2 is 2.14 bits per heavy atom. The van der Waals surface area contributed by atoms with E-state index in [1.54, 1.807) is 0 Å². The van der Waals surface area contributed by atoms with Crippen molar-refractivity contribution in [2.45, 2.75) is 46.1 Å². The fraction of sp³-hybridized carbons (Fsp3) is 0.474. The van der Waals surface area contributed by atoms with E-state index in [0.29, 0.717) is 5.92 Å². The molecule has 21 heavy (non-hydrogen) atoms. The molecule has 1 heterocycles. The summed E-state index contributed by atoms with van der Waals surface area (Å²) >= 11 is 0. The predicted octanol–water partition coefficient (Wildman–Crippen LogP) is 4.41. The van der Waals surface area contributed by atoms with E-state index < -0.39 is 0 Å². The third kappa shape index (κ3) is 4.75. The molecule has 0 radical (unpaired) electrons. The Morgan fingerprint density at radius 1 is 1.33 bits per heavy atom. The molecular weight excluding hydrogens is 256 g/mol. The maximum absolute atomic E-state index is 3.55. The zero-order valence-corrected chi connectivity index (χ0v) is 13.6. The number of allylic oxidation sites excluding steroid dienone is 2. The van der Waals surface area contributed by atoms with Gasteiger partial charge in [-0.25, -0.2) is 0 Å². The Balaban J connectivity index is 2.12. The molecule has 0 bridgehead atoms. The number of nitrogens with zero attached hydrogens (tertiary/aromatic N) is 1. The van der Waals surface area contributed by atoms with Crippen LogP contribution in [0.25, 0.3) is 0 Å². The molecule has 2 heteroatoms. The lowest BCUT2D eigenvalue weighted by Crippen LogP contribution is -2.33. The number of unbranched alkanes of at least 4 members (excludes halogenated alkanes) is 1. The van der Waals surface area contributed by atoms with Gasteiger partial charge in [-0.15, -0.1) is 0 Å². The van der Waals surface area contributed by atoms with Gasteiger partial charge in [0.05, 0.1) is 0 Å². The molecule has 0 aliphatic carbocycles. The summed E-state index contributed by atoms with van der Waals surface area (Å²) in [5.74, 6) is 0.553. The normalized spacial score (nSPS) is 17.6. The zero-order chi connectivity index (χ0) is 15.1. The quantitative estimate of drug-likeness (QED) is 0.832. The number of hydrogen-bond acceptors (Lipinski definition) is 2. The standard InChI is InChI=1S/C19H28N2/c1-4-5-8-11-21(14-16(2)3)15-18-13-20-12-17-9-6-7-10-19(17)18/h6-11,14,18,20H,4-5,12-13,15H2,1-3H3/b11-8+. The topological polar surface area (TPSA) is 15.3 Å². The van der Waals surface area contributed by atoms with Gasteiger partial charge in [0.25, 0.3) is 0 Å². The SMILES string of the molecule is CCC/C=C/N(C=C(C)C)CC1CNCc2ccccc21. The highest BCUT2D eigenvalue weighted by Crippen LogP contribution is 2.25. The number of hydrogen-bond donors (Lipinski definition) is 1. The molecule has 1 atom stereocenters. The van der Waals surface area contributed by atoms with Crippen LogP contribution in [0.5, 0.6) is 0 Å². The van der Waals surface area contributed by atoms with E-state index in [4.69, 9.17) is 0 Å². The summed E-state index contributed by atoms with van der Waals surface area (Å²) in [5, 5.41) is 3.55.